The summed E-state index contributed by atoms with van der Waals surface area (Å²) in [5.74, 6) is 0.293. The predicted octanol–water partition coefficient (Wildman–Crippen LogP) is 3.42. The normalized spacial score (nSPS) is 18.4. The van der Waals surface area contributed by atoms with Crippen LogP contribution < -0.4 is 15.4 Å². The van der Waals surface area contributed by atoms with Gasteiger partial charge in [-0.15, -0.1) is 0 Å². The molecule has 2 aliphatic heterocycles. The molecule has 2 aliphatic rings. The Morgan fingerprint density at radius 3 is 2.46 bits per heavy atom. The maximum absolute atomic E-state index is 13.2. The lowest BCUT2D eigenvalue weighted by Gasteiger charge is -2.27. The summed E-state index contributed by atoms with van der Waals surface area (Å²) in [6.45, 7) is 1.91. The van der Waals surface area contributed by atoms with E-state index in [1.165, 1.54) is 0 Å². The van der Waals surface area contributed by atoms with E-state index in [0.29, 0.717) is 39.0 Å². The molecule has 3 aromatic rings. The van der Waals surface area contributed by atoms with Crippen molar-refractivity contribution in [2.45, 2.75) is 57.2 Å². The fraction of sp³-hybridized carbons (Fsp3) is 0.500. The fourth-order valence-electron chi connectivity index (χ4n) is 4.75. The van der Waals surface area contributed by atoms with Crippen molar-refractivity contribution in [1.29, 1.82) is 0 Å². The molecule has 37 heavy (non-hydrogen) atoms. The molecule has 0 bridgehead atoms. The summed E-state index contributed by atoms with van der Waals surface area (Å²) < 4.78 is 79.7. The van der Waals surface area contributed by atoms with Crippen LogP contribution in [-0.2, 0) is 31.9 Å². The number of hydrogen-bond acceptors (Lipinski definition) is 7. The number of rotatable bonds is 5. The summed E-state index contributed by atoms with van der Waals surface area (Å²) in [6, 6.07) is 2.65. The van der Waals surface area contributed by atoms with Crippen LogP contribution in [0.15, 0.2) is 29.3 Å². The first kappa shape index (κ1) is 25.0. The van der Waals surface area contributed by atoms with Gasteiger partial charge in [-0.05, 0) is 31.7 Å². The van der Waals surface area contributed by atoms with Gasteiger partial charge >= 0.3 is 12.4 Å². The number of nitrogens with one attached hydrogen (secondary N) is 1. The highest BCUT2D eigenvalue weighted by molar-refractivity contribution is 5.42. The summed E-state index contributed by atoms with van der Waals surface area (Å²) in [5, 5.41) is 10.4. The Balaban J connectivity index is 1.24. The lowest BCUT2D eigenvalue weighted by Crippen LogP contribution is -2.35. The minimum absolute atomic E-state index is 0.0599. The maximum atomic E-state index is 13.2. The second kappa shape index (κ2) is 9.34. The first-order valence-electron chi connectivity index (χ1n) is 11.6. The summed E-state index contributed by atoms with van der Waals surface area (Å²) in [6.07, 6.45) is -4.97. The Bertz CT molecular complexity index is 1320. The van der Waals surface area contributed by atoms with E-state index < -0.39 is 29.0 Å². The van der Waals surface area contributed by atoms with E-state index in [2.05, 4.69) is 20.2 Å². The molecule has 0 radical (unpaired) electrons. The van der Waals surface area contributed by atoms with E-state index in [9.17, 15) is 31.1 Å². The third-order valence-corrected chi connectivity index (χ3v) is 6.60. The summed E-state index contributed by atoms with van der Waals surface area (Å²) >= 11 is 0. The first-order valence-corrected chi connectivity index (χ1v) is 11.6. The Morgan fingerprint density at radius 2 is 1.76 bits per heavy atom. The first-order chi connectivity index (χ1) is 17.5. The number of aryl methyl sites for hydroxylation is 1. The van der Waals surface area contributed by atoms with Crippen molar-refractivity contribution >= 4 is 11.8 Å². The van der Waals surface area contributed by atoms with Gasteiger partial charge in [0.05, 0.1) is 30.0 Å². The van der Waals surface area contributed by atoms with E-state index >= 15 is 0 Å². The zero-order valence-electron chi connectivity index (χ0n) is 19.4. The molecule has 1 N–H and O–H groups in total. The van der Waals surface area contributed by atoms with Crippen molar-refractivity contribution in [2.75, 3.05) is 22.9 Å². The van der Waals surface area contributed by atoms with Crippen LogP contribution in [-0.4, -0.2) is 49.1 Å². The molecule has 1 fully saturated rings. The number of aromatic nitrogens is 6. The highest BCUT2D eigenvalue weighted by Gasteiger charge is 2.36. The van der Waals surface area contributed by atoms with Crippen LogP contribution in [0.3, 0.4) is 0 Å². The second-order valence-electron chi connectivity index (χ2n) is 9.04. The number of alkyl halides is 6. The van der Waals surface area contributed by atoms with Crippen LogP contribution in [0.1, 0.15) is 41.8 Å². The molecule has 5 heterocycles. The maximum Gasteiger partial charge on any atom is 0.421 e. The Hall–Kier alpha value is -3.65. The van der Waals surface area contributed by atoms with Gasteiger partial charge in [-0.25, -0.2) is 15.1 Å². The quantitative estimate of drug-likeness (QED) is 0.507. The third-order valence-electron chi connectivity index (χ3n) is 6.60. The molecular formula is C22H22F6N8O. The van der Waals surface area contributed by atoms with E-state index in [1.54, 1.807) is 9.80 Å². The van der Waals surface area contributed by atoms with Crippen LogP contribution in [0, 0.1) is 0 Å². The number of nitrogens with zero attached hydrogens (tertiary/aromatic N) is 7. The van der Waals surface area contributed by atoms with Gasteiger partial charge in [0, 0.05) is 37.6 Å². The molecule has 0 spiro atoms. The van der Waals surface area contributed by atoms with Crippen molar-refractivity contribution in [3.8, 4) is 0 Å². The summed E-state index contributed by atoms with van der Waals surface area (Å²) in [4.78, 5) is 22.9. The Morgan fingerprint density at radius 1 is 1.00 bits per heavy atom. The van der Waals surface area contributed by atoms with Gasteiger partial charge in [-0.3, -0.25) is 9.48 Å². The van der Waals surface area contributed by atoms with E-state index in [4.69, 9.17) is 0 Å². The van der Waals surface area contributed by atoms with Gasteiger partial charge in [0.25, 0.3) is 5.56 Å². The predicted molar refractivity (Wildman–Crippen MR) is 119 cm³/mol. The van der Waals surface area contributed by atoms with Gasteiger partial charge in [0.1, 0.15) is 11.4 Å². The number of hydrogen-bond donors (Lipinski definition) is 1. The highest BCUT2D eigenvalue weighted by atomic mass is 19.4. The van der Waals surface area contributed by atoms with E-state index in [1.807, 2.05) is 15.8 Å². The molecule has 0 amide bonds. The van der Waals surface area contributed by atoms with E-state index in [0.717, 1.165) is 42.7 Å². The van der Waals surface area contributed by atoms with Gasteiger partial charge in [-0.2, -0.15) is 36.5 Å². The third kappa shape index (κ3) is 5.25. The minimum atomic E-state index is -4.77. The van der Waals surface area contributed by atoms with Gasteiger partial charge < -0.3 is 9.80 Å². The molecular weight excluding hydrogens is 506 g/mol. The average molecular weight is 528 g/mol. The molecule has 0 aliphatic carbocycles. The largest absolute Gasteiger partial charge is 0.421 e. The molecule has 3 aromatic heterocycles. The lowest BCUT2D eigenvalue weighted by molar-refractivity contribution is -0.139. The van der Waals surface area contributed by atoms with Crippen LogP contribution in [0.4, 0.5) is 38.1 Å². The molecule has 198 valence electrons. The molecule has 0 saturated carbocycles. The van der Waals surface area contributed by atoms with Crippen LogP contribution in [0.25, 0.3) is 0 Å². The smallest absolute Gasteiger partial charge is 0.352 e. The van der Waals surface area contributed by atoms with Gasteiger partial charge in [0.2, 0.25) is 5.95 Å². The molecule has 15 heteroatoms. The lowest BCUT2D eigenvalue weighted by atomic mass is 10.1. The van der Waals surface area contributed by atoms with Crippen LogP contribution in [0.2, 0.25) is 0 Å². The van der Waals surface area contributed by atoms with Crippen molar-refractivity contribution < 1.29 is 26.3 Å². The fourth-order valence-corrected chi connectivity index (χ4v) is 4.75. The molecule has 1 atom stereocenters. The number of aromatic amines is 1. The van der Waals surface area contributed by atoms with E-state index in [-0.39, 0.29) is 17.8 Å². The number of anilines is 2. The van der Waals surface area contributed by atoms with Crippen molar-refractivity contribution in [2.24, 2.45) is 0 Å². The molecule has 0 aromatic carbocycles. The zero-order chi connectivity index (χ0) is 26.4. The summed E-state index contributed by atoms with van der Waals surface area (Å²) in [5.41, 5.74) is -1.78. The topological polar surface area (TPSA) is 95.8 Å². The number of halogens is 6. The second-order valence-corrected chi connectivity index (χ2v) is 9.04. The summed E-state index contributed by atoms with van der Waals surface area (Å²) in [7, 11) is 0. The molecule has 9 nitrogen and oxygen atoms in total. The van der Waals surface area contributed by atoms with Crippen LogP contribution >= 0.6 is 0 Å². The zero-order valence-corrected chi connectivity index (χ0v) is 19.4. The van der Waals surface area contributed by atoms with Crippen molar-refractivity contribution in [3.63, 3.8) is 0 Å². The number of H-pyrrole nitrogens is 1. The minimum Gasteiger partial charge on any atom is -0.352 e. The van der Waals surface area contributed by atoms with Crippen molar-refractivity contribution in [1.82, 2.24) is 29.9 Å². The SMILES string of the molecule is O=c1[nH]nc(N2CCCC2CCc2cc3n(n2)CCN(c2ncc(C(F)(F)F)cn2)C3)cc1C(F)(F)F. The Kier molecular flexibility index (Phi) is 6.31. The standard InChI is InChI=1S/C22H22F6N8O/c23-21(24,25)13-10-29-20(30-11-13)34-6-7-36-16(12-34)8-14(33-36)3-4-15-2-1-5-35(15)18-9-17(22(26,27)28)19(37)32-31-18/h8-11,15H,1-7,12H2,(H,32,37). The molecule has 1 unspecified atom stereocenters. The Labute approximate surface area is 206 Å². The monoisotopic (exact) mass is 528 g/mol. The van der Waals surface area contributed by atoms with Gasteiger partial charge in [0.15, 0.2) is 0 Å². The molecule has 5 rings (SSSR count). The number of fused-ring (bicyclic) bond motifs is 1. The van der Waals surface area contributed by atoms with Crippen LogP contribution in [0.5, 0.6) is 0 Å². The molecule has 1 saturated heterocycles. The average Bonchev–Trinajstić information content (AvgIpc) is 3.48. The van der Waals surface area contributed by atoms with Gasteiger partial charge in [-0.1, -0.05) is 0 Å². The van der Waals surface area contributed by atoms with Crippen molar-refractivity contribution in [3.05, 3.63) is 57.4 Å². The highest BCUT2D eigenvalue weighted by Crippen LogP contribution is 2.32.